The second-order valence-electron chi connectivity index (χ2n) is 3.28. The highest BCUT2D eigenvalue weighted by atomic mass is 35.5. The molecule has 15 heavy (non-hydrogen) atoms. The van der Waals surface area contributed by atoms with E-state index >= 15 is 0 Å². The van der Waals surface area contributed by atoms with Crippen molar-refractivity contribution in [1.29, 1.82) is 0 Å². The third-order valence-electron chi connectivity index (χ3n) is 2.19. The maximum Gasteiger partial charge on any atom is 0.261 e. The third-order valence-corrected chi connectivity index (χ3v) is 2.44. The maximum atomic E-state index is 11.6. The number of hydrogen-bond acceptors (Lipinski definition) is 2. The molecule has 1 aliphatic heterocycles. The molecule has 0 saturated heterocycles. The molecule has 0 aliphatic carbocycles. The summed E-state index contributed by atoms with van der Waals surface area (Å²) < 4.78 is 0. The van der Waals surface area contributed by atoms with Crippen LogP contribution in [0.1, 0.15) is 6.92 Å². The molecule has 0 fully saturated rings. The Balaban J connectivity index is 2.38. The van der Waals surface area contributed by atoms with Crippen molar-refractivity contribution in [2.45, 2.75) is 6.92 Å². The lowest BCUT2D eigenvalue weighted by Crippen LogP contribution is -2.30. The van der Waals surface area contributed by atoms with Crippen LogP contribution >= 0.6 is 11.6 Å². The van der Waals surface area contributed by atoms with Crippen LogP contribution in [0.3, 0.4) is 0 Å². The minimum absolute atomic E-state index is 0.276. The van der Waals surface area contributed by atoms with Crippen molar-refractivity contribution in [3.05, 3.63) is 40.9 Å². The number of amides is 2. The van der Waals surface area contributed by atoms with Crippen LogP contribution in [-0.4, -0.2) is 11.8 Å². The van der Waals surface area contributed by atoms with E-state index in [-0.39, 0.29) is 11.8 Å². The van der Waals surface area contributed by atoms with Gasteiger partial charge < -0.3 is 0 Å². The normalized spacial score (nSPS) is 15.9. The number of nitrogens with zero attached hydrogens (tertiary/aromatic N) is 1. The number of hydrogen-bond donors (Lipinski definition) is 0. The van der Waals surface area contributed by atoms with Crippen molar-refractivity contribution in [2.24, 2.45) is 0 Å². The van der Waals surface area contributed by atoms with E-state index in [2.05, 4.69) is 0 Å². The molecule has 1 aromatic rings. The molecule has 1 aliphatic rings. The molecular weight excluding hydrogens is 214 g/mol. The first-order chi connectivity index (χ1) is 7.09. The third kappa shape index (κ3) is 1.66. The van der Waals surface area contributed by atoms with Crippen LogP contribution in [0.4, 0.5) is 5.69 Å². The number of halogens is 1. The fourth-order valence-corrected chi connectivity index (χ4v) is 1.55. The molecule has 2 rings (SSSR count). The van der Waals surface area contributed by atoms with Crippen LogP contribution in [0.2, 0.25) is 5.02 Å². The minimum atomic E-state index is -0.306. The van der Waals surface area contributed by atoms with E-state index in [9.17, 15) is 9.59 Å². The predicted molar refractivity (Wildman–Crippen MR) is 57.7 cm³/mol. The number of carbonyl (C=O) groups is 2. The molecule has 3 nitrogen and oxygen atoms in total. The lowest BCUT2D eigenvalue weighted by molar-refractivity contribution is -0.120. The van der Waals surface area contributed by atoms with Gasteiger partial charge >= 0.3 is 0 Å². The summed E-state index contributed by atoms with van der Waals surface area (Å²) in [5.41, 5.74) is 0.998. The monoisotopic (exact) mass is 221 g/mol. The lowest BCUT2D eigenvalue weighted by atomic mass is 10.3. The molecule has 0 saturated carbocycles. The van der Waals surface area contributed by atoms with E-state index in [1.54, 1.807) is 31.2 Å². The van der Waals surface area contributed by atoms with Gasteiger partial charge in [0.1, 0.15) is 0 Å². The average Bonchev–Trinajstić information content (AvgIpc) is 2.44. The number of rotatable bonds is 1. The summed E-state index contributed by atoms with van der Waals surface area (Å²) >= 11 is 5.72. The molecule has 2 amide bonds. The van der Waals surface area contributed by atoms with Crippen LogP contribution in [0.5, 0.6) is 0 Å². The van der Waals surface area contributed by atoms with Crippen molar-refractivity contribution in [1.82, 2.24) is 0 Å². The van der Waals surface area contributed by atoms with E-state index in [1.807, 2.05) is 0 Å². The van der Waals surface area contributed by atoms with E-state index in [0.717, 1.165) is 4.90 Å². The lowest BCUT2D eigenvalue weighted by Gasteiger charge is -2.14. The summed E-state index contributed by atoms with van der Waals surface area (Å²) in [6.07, 6.45) is 1.33. The molecule has 4 heteroatoms. The average molecular weight is 222 g/mol. The zero-order valence-corrected chi connectivity index (χ0v) is 8.78. The summed E-state index contributed by atoms with van der Waals surface area (Å²) in [5, 5.41) is 0.572. The van der Waals surface area contributed by atoms with Gasteiger partial charge in [0.15, 0.2) is 0 Å². The Morgan fingerprint density at radius 1 is 1.13 bits per heavy atom. The Morgan fingerprint density at radius 3 is 2.20 bits per heavy atom. The van der Waals surface area contributed by atoms with E-state index in [4.69, 9.17) is 11.6 Å². The largest absolute Gasteiger partial charge is 0.269 e. The Kier molecular flexibility index (Phi) is 2.32. The molecular formula is C11H8ClNO2. The Bertz CT molecular complexity index is 462. The first kappa shape index (κ1) is 9.93. The molecule has 0 atom stereocenters. The van der Waals surface area contributed by atoms with Crippen LogP contribution < -0.4 is 4.90 Å². The van der Waals surface area contributed by atoms with Gasteiger partial charge in [-0.25, -0.2) is 4.90 Å². The molecule has 1 aromatic carbocycles. The number of anilines is 1. The molecule has 0 unspecified atom stereocenters. The number of carbonyl (C=O) groups excluding carboxylic acids is 2. The highest BCUT2D eigenvalue weighted by molar-refractivity contribution is 6.32. The van der Waals surface area contributed by atoms with Gasteiger partial charge in [-0.05, 0) is 31.2 Å². The first-order valence-corrected chi connectivity index (χ1v) is 4.79. The molecule has 0 radical (unpaired) electrons. The van der Waals surface area contributed by atoms with Crippen molar-refractivity contribution in [3.63, 3.8) is 0 Å². The summed E-state index contributed by atoms with van der Waals surface area (Å²) in [6, 6.07) is 6.57. The maximum absolute atomic E-state index is 11.6. The summed E-state index contributed by atoms with van der Waals surface area (Å²) in [4.78, 5) is 24.2. The van der Waals surface area contributed by atoms with Crippen molar-refractivity contribution >= 4 is 29.1 Å². The van der Waals surface area contributed by atoms with Crippen molar-refractivity contribution in [2.75, 3.05) is 4.90 Å². The number of imide groups is 1. The molecule has 0 bridgehead atoms. The van der Waals surface area contributed by atoms with Crippen LogP contribution in [0.15, 0.2) is 35.9 Å². The molecule has 1 heterocycles. The molecule has 76 valence electrons. The second-order valence-corrected chi connectivity index (χ2v) is 3.72. The van der Waals surface area contributed by atoms with Crippen LogP contribution in [0, 0.1) is 0 Å². The first-order valence-electron chi connectivity index (χ1n) is 4.42. The van der Waals surface area contributed by atoms with E-state index < -0.39 is 0 Å². The van der Waals surface area contributed by atoms with Gasteiger partial charge in [0.05, 0.1) is 5.69 Å². The summed E-state index contributed by atoms with van der Waals surface area (Å²) in [7, 11) is 0. The molecule has 0 aromatic heterocycles. The zero-order valence-electron chi connectivity index (χ0n) is 8.03. The second kappa shape index (κ2) is 3.51. The highest BCUT2D eigenvalue weighted by Gasteiger charge is 2.29. The van der Waals surface area contributed by atoms with Gasteiger partial charge in [0.2, 0.25) is 0 Å². The fraction of sp³-hybridized carbons (Fsp3) is 0.0909. The zero-order chi connectivity index (χ0) is 11.0. The Labute approximate surface area is 91.9 Å². The van der Waals surface area contributed by atoms with Gasteiger partial charge in [0, 0.05) is 16.7 Å². The van der Waals surface area contributed by atoms with Gasteiger partial charge in [0.25, 0.3) is 11.8 Å². The SMILES string of the molecule is CC1=CC(=O)N(c2ccc(Cl)cc2)C1=O. The Hall–Kier alpha value is -1.61. The van der Waals surface area contributed by atoms with Crippen LogP contribution in [-0.2, 0) is 9.59 Å². The summed E-state index contributed by atoms with van der Waals surface area (Å²) in [6.45, 7) is 1.62. The summed E-state index contributed by atoms with van der Waals surface area (Å²) in [5.74, 6) is -0.581. The van der Waals surface area contributed by atoms with E-state index in [0.29, 0.717) is 16.3 Å². The minimum Gasteiger partial charge on any atom is -0.269 e. The van der Waals surface area contributed by atoms with Crippen molar-refractivity contribution < 1.29 is 9.59 Å². The predicted octanol–water partition coefficient (Wildman–Crippen LogP) is 2.16. The van der Waals surface area contributed by atoms with Crippen molar-refractivity contribution in [3.8, 4) is 0 Å². The number of benzene rings is 1. The van der Waals surface area contributed by atoms with E-state index in [1.165, 1.54) is 6.08 Å². The standard InChI is InChI=1S/C11H8ClNO2/c1-7-6-10(14)13(11(7)15)9-4-2-8(12)3-5-9/h2-6H,1H3. The Morgan fingerprint density at radius 2 is 1.73 bits per heavy atom. The van der Waals surface area contributed by atoms with Gasteiger partial charge in [-0.15, -0.1) is 0 Å². The van der Waals surface area contributed by atoms with Gasteiger partial charge in [-0.1, -0.05) is 11.6 Å². The highest BCUT2D eigenvalue weighted by Crippen LogP contribution is 2.23. The quantitative estimate of drug-likeness (QED) is 0.682. The van der Waals surface area contributed by atoms with Gasteiger partial charge in [-0.3, -0.25) is 9.59 Å². The van der Waals surface area contributed by atoms with Crippen LogP contribution in [0.25, 0.3) is 0 Å². The molecule has 0 spiro atoms. The molecule has 0 N–H and O–H groups in total. The van der Waals surface area contributed by atoms with Gasteiger partial charge in [-0.2, -0.15) is 0 Å². The topological polar surface area (TPSA) is 37.4 Å². The fourth-order valence-electron chi connectivity index (χ4n) is 1.42. The smallest absolute Gasteiger partial charge is 0.261 e.